The molecule has 47 heavy (non-hydrogen) atoms. The van der Waals surface area contributed by atoms with Crippen LogP contribution in [0.4, 0.5) is 0 Å². The first-order valence-electron chi connectivity index (χ1n) is 18.1. The van der Waals surface area contributed by atoms with Gasteiger partial charge < -0.3 is 24.3 Å². The van der Waals surface area contributed by atoms with Crippen LogP contribution in [0.3, 0.4) is 0 Å². The number of nitrogens with zero attached hydrogens (tertiary/aromatic N) is 5. The van der Waals surface area contributed by atoms with Crippen LogP contribution < -0.4 is 0 Å². The van der Waals surface area contributed by atoms with E-state index in [4.69, 9.17) is 16.3 Å². The van der Waals surface area contributed by atoms with Gasteiger partial charge in [-0.25, -0.2) is 0 Å². The number of piperazine rings is 1. The molecule has 1 aromatic carbocycles. The molecule has 1 saturated carbocycles. The average Bonchev–Trinajstić information content (AvgIpc) is 3.83. The van der Waals surface area contributed by atoms with E-state index in [2.05, 4.69) is 49.4 Å². The molecule has 4 saturated heterocycles. The molecule has 0 spiro atoms. The second kappa shape index (κ2) is 14.3. The highest BCUT2D eigenvalue weighted by Gasteiger charge is 2.51. The average molecular weight is 670 g/mol. The Morgan fingerprint density at radius 3 is 2.17 bits per heavy atom. The van der Waals surface area contributed by atoms with Crippen molar-refractivity contribution in [3.8, 4) is 0 Å². The summed E-state index contributed by atoms with van der Waals surface area (Å²) < 4.78 is 5.95. The molecule has 10 heteroatoms. The maximum Gasteiger partial charge on any atom is 0.252 e. The van der Waals surface area contributed by atoms with Crippen LogP contribution >= 0.6 is 11.6 Å². The molecule has 3 amide bonds. The molecule has 6 rings (SSSR count). The van der Waals surface area contributed by atoms with Gasteiger partial charge >= 0.3 is 0 Å². The summed E-state index contributed by atoms with van der Waals surface area (Å²) in [6, 6.07) is 7.24. The van der Waals surface area contributed by atoms with E-state index in [1.165, 1.54) is 0 Å². The van der Waals surface area contributed by atoms with E-state index >= 15 is 4.79 Å². The summed E-state index contributed by atoms with van der Waals surface area (Å²) in [7, 11) is 2.08. The lowest BCUT2D eigenvalue weighted by atomic mass is 9.85. The minimum Gasteiger partial charge on any atom is -0.368 e. The fourth-order valence-corrected chi connectivity index (χ4v) is 8.84. The van der Waals surface area contributed by atoms with Crippen LogP contribution in [-0.4, -0.2) is 131 Å². The van der Waals surface area contributed by atoms with Gasteiger partial charge in [0.15, 0.2) is 0 Å². The predicted octanol–water partition coefficient (Wildman–Crippen LogP) is 4.48. The predicted molar refractivity (Wildman–Crippen MR) is 184 cm³/mol. The molecule has 4 aliphatic heterocycles. The summed E-state index contributed by atoms with van der Waals surface area (Å²) in [5.41, 5.74) is 0.994. The quantitative estimate of drug-likeness (QED) is 0.445. The molecule has 1 aliphatic carbocycles. The van der Waals surface area contributed by atoms with Crippen LogP contribution in [0.15, 0.2) is 24.3 Å². The van der Waals surface area contributed by atoms with Crippen LogP contribution in [-0.2, 0) is 19.1 Å². The molecule has 5 atom stereocenters. The molecule has 9 nitrogen and oxygen atoms in total. The number of carbonyl (C=O) groups excluding carboxylic acids is 3. The van der Waals surface area contributed by atoms with Crippen molar-refractivity contribution < 1.29 is 19.1 Å². The van der Waals surface area contributed by atoms with E-state index < -0.39 is 12.1 Å². The summed E-state index contributed by atoms with van der Waals surface area (Å²) >= 11 is 6.28. The van der Waals surface area contributed by atoms with Gasteiger partial charge in [-0.05, 0) is 96.4 Å². The second-order valence-corrected chi connectivity index (χ2v) is 16.5. The van der Waals surface area contributed by atoms with Crippen LogP contribution in [0, 0.1) is 11.8 Å². The normalized spacial score (nSPS) is 32.6. The largest absolute Gasteiger partial charge is 0.368 e. The first-order chi connectivity index (χ1) is 22.4. The van der Waals surface area contributed by atoms with Gasteiger partial charge in [-0.1, -0.05) is 30.7 Å². The van der Waals surface area contributed by atoms with Crippen molar-refractivity contribution in [2.45, 2.75) is 108 Å². The maximum atomic E-state index is 15.0. The number of hydrogen-bond donors (Lipinski definition) is 0. The highest BCUT2D eigenvalue weighted by molar-refractivity contribution is 6.30. The SMILES string of the molecule is CC1CCC(N(C(=O)[C@@H]2CCCO2)C2C[C@@H](C(=O)N3CCN(C)CC3)N(C(=O)[C@@H]3CN(C(C)(C)C)C[C@@H]3c3ccc(Cl)cc3)C2)CC1. The Balaban J connectivity index is 1.32. The number of hydrogen-bond acceptors (Lipinski definition) is 6. The van der Waals surface area contributed by atoms with Gasteiger partial charge in [-0.3, -0.25) is 19.3 Å². The van der Waals surface area contributed by atoms with Gasteiger partial charge in [-0.2, -0.15) is 0 Å². The van der Waals surface area contributed by atoms with Crippen LogP contribution in [0.1, 0.15) is 84.1 Å². The van der Waals surface area contributed by atoms with Crippen molar-refractivity contribution >= 4 is 29.3 Å². The summed E-state index contributed by atoms with van der Waals surface area (Å²) in [5.74, 6) is 0.470. The Labute approximate surface area is 286 Å². The van der Waals surface area contributed by atoms with E-state index in [1.54, 1.807) is 0 Å². The minimum atomic E-state index is -0.576. The van der Waals surface area contributed by atoms with Gasteiger partial charge in [0.05, 0.1) is 12.0 Å². The molecule has 0 radical (unpaired) electrons. The monoisotopic (exact) mass is 669 g/mol. The highest BCUT2D eigenvalue weighted by Crippen LogP contribution is 2.40. The van der Waals surface area contributed by atoms with E-state index in [0.717, 1.165) is 63.7 Å². The molecule has 4 heterocycles. The zero-order valence-corrected chi connectivity index (χ0v) is 30.0. The van der Waals surface area contributed by atoms with Crippen molar-refractivity contribution in [2.24, 2.45) is 11.8 Å². The lowest BCUT2D eigenvalue weighted by molar-refractivity contribution is -0.148. The fraction of sp³-hybridized carbons (Fsp3) is 0.757. The summed E-state index contributed by atoms with van der Waals surface area (Å²) in [6.45, 7) is 14.3. The van der Waals surface area contributed by atoms with Crippen LogP contribution in [0.25, 0.3) is 0 Å². The Bertz CT molecular complexity index is 1260. The first-order valence-corrected chi connectivity index (χ1v) is 18.5. The van der Waals surface area contributed by atoms with Crippen molar-refractivity contribution in [3.63, 3.8) is 0 Å². The van der Waals surface area contributed by atoms with Gasteiger partial charge in [0, 0.05) is 74.9 Å². The molecular formula is C37H56ClN5O4. The first kappa shape index (κ1) is 34.7. The molecule has 0 aromatic heterocycles. The molecule has 1 aromatic rings. The Kier molecular flexibility index (Phi) is 10.6. The van der Waals surface area contributed by atoms with E-state index in [-0.39, 0.29) is 47.2 Å². The van der Waals surface area contributed by atoms with Crippen LogP contribution in [0.2, 0.25) is 5.02 Å². The highest BCUT2D eigenvalue weighted by atomic mass is 35.5. The lowest BCUT2D eigenvalue weighted by Gasteiger charge is -2.41. The molecule has 5 aliphatic rings. The topological polar surface area (TPSA) is 76.6 Å². The third kappa shape index (κ3) is 7.53. The molecule has 0 N–H and O–H groups in total. The van der Waals surface area contributed by atoms with Crippen LogP contribution in [0.5, 0.6) is 0 Å². The summed E-state index contributed by atoms with van der Waals surface area (Å²) in [5, 5.41) is 0.677. The van der Waals surface area contributed by atoms with Gasteiger partial charge in [0.2, 0.25) is 11.8 Å². The van der Waals surface area contributed by atoms with E-state index in [0.29, 0.717) is 50.1 Å². The number of likely N-dealkylation sites (tertiary alicyclic amines) is 2. The number of rotatable bonds is 6. The summed E-state index contributed by atoms with van der Waals surface area (Å²) in [6.07, 6.45) is 5.80. The third-order valence-corrected chi connectivity index (χ3v) is 12.0. The van der Waals surface area contributed by atoms with Crippen molar-refractivity contribution in [1.82, 2.24) is 24.5 Å². The third-order valence-electron chi connectivity index (χ3n) is 11.8. The number of halogens is 1. The molecular weight excluding hydrogens is 614 g/mol. The number of benzene rings is 1. The number of ether oxygens (including phenoxy) is 1. The van der Waals surface area contributed by atoms with Crippen molar-refractivity contribution in [3.05, 3.63) is 34.9 Å². The Morgan fingerprint density at radius 1 is 0.872 bits per heavy atom. The summed E-state index contributed by atoms with van der Waals surface area (Å²) in [4.78, 5) is 54.3. The number of carbonyl (C=O) groups is 3. The number of likely N-dealkylation sites (N-methyl/N-ethyl adjacent to an activating group) is 1. The lowest BCUT2D eigenvalue weighted by Crippen LogP contribution is -2.54. The van der Waals surface area contributed by atoms with E-state index in [1.807, 2.05) is 34.1 Å². The van der Waals surface area contributed by atoms with Gasteiger partial charge in [0.25, 0.3) is 5.91 Å². The van der Waals surface area contributed by atoms with Gasteiger partial charge in [-0.15, -0.1) is 0 Å². The molecule has 5 fully saturated rings. The standard InChI is InChI=1S/C37H56ClN5O4/c1-25-8-14-28(15-9-25)43(36(46)33-7-6-20-47-33)29-21-32(35(45)40-18-16-39(5)17-19-40)42(22-29)34(44)31-24-41(37(2,3)4)23-30(31)26-10-12-27(38)13-11-26/h10-13,25,28-33H,6-9,14-24H2,1-5H3/t25?,28?,29?,30-,31-,32+,33+/m1/s1. The Morgan fingerprint density at radius 2 is 1.55 bits per heavy atom. The molecule has 260 valence electrons. The second-order valence-electron chi connectivity index (χ2n) is 16.0. The molecule has 1 unspecified atom stereocenters. The Hall–Kier alpha value is -2.20. The number of amides is 3. The zero-order valence-electron chi connectivity index (χ0n) is 29.2. The maximum absolute atomic E-state index is 15.0. The van der Waals surface area contributed by atoms with E-state index in [9.17, 15) is 9.59 Å². The van der Waals surface area contributed by atoms with Gasteiger partial charge in [0.1, 0.15) is 12.1 Å². The zero-order chi connectivity index (χ0) is 33.5. The fourth-order valence-electron chi connectivity index (χ4n) is 8.71. The smallest absolute Gasteiger partial charge is 0.252 e. The minimum absolute atomic E-state index is 0.0121. The van der Waals surface area contributed by atoms with Crippen molar-refractivity contribution in [1.29, 1.82) is 0 Å². The molecule has 0 bridgehead atoms. The van der Waals surface area contributed by atoms with Crippen molar-refractivity contribution in [2.75, 3.05) is 59.5 Å².